The summed E-state index contributed by atoms with van der Waals surface area (Å²) in [7, 11) is 0. The fourth-order valence-electron chi connectivity index (χ4n) is 0. The normalized spacial score (nSPS) is 2.40. The monoisotopic (exact) mass is 164 g/mol. The molecule has 0 aliphatic heterocycles. The molecule has 0 fully saturated rings. The van der Waals surface area contributed by atoms with Crippen molar-refractivity contribution in [3.05, 3.63) is 7.43 Å². The van der Waals surface area contributed by atoms with Gasteiger partial charge in [0.1, 0.15) is 0 Å². The number of hydrogen-bond donors (Lipinski definition) is 1. The van der Waals surface area contributed by atoms with E-state index in [0.29, 0.717) is 0 Å². The van der Waals surface area contributed by atoms with Crippen LogP contribution in [-0.4, -0.2) is 5.49 Å². The van der Waals surface area contributed by atoms with Gasteiger partial charge in [-0.15, -0.1) is 0 Å². The van der Waals surface area contributed by atoms with Crippen molar-refractivity contribution < 1.29 is 32.7 Å². The summed E-state index contributed by atoms with van der Waals surface area (Å²) in [5, 5.41) is 0. The Hall–Kier alpha value is 0.994. The van der Waals surface area contributed by atoms with E-state index in [0.717, 1.165) is 0 Å². The number of thiocarbonyl (C=S) groups is 1. The Balaban J connectivity index is -0.0000000200. The minimum absolute atomic E-state index is 0. The molecule has 0 spiro atoms. The summed E-state index contributed by atoms with van der Waals surface area (Å²) >= 11 is 3.92. The summed E-state index contributed by atoms with van der Waals surface area (Å²) in [4.78, 5) is 0. The minimum Gasteiger partial charge on any atom is -0.570 e. The van der Waals surface area contributed by atoms with Crippen LogP contribution in [0, 0.1) is 7.43 Å². The molecule has 0 unspecified atom stereocenters. The Labute approximate surface area is 63.2 Å². The molecule has 0 aliphatic carbocycles. The maximum absolute atomic E-state index is 4.41. The second-order valence-corrected chi connectivity index (χ2v) is 0.354. The third kappa shape index (κ3) is 45.3. The summed E-state index contributed by atoms with van der Waals surface area (Å²) in [6, 6.07) is 0. The van der Waals surface area contributed by atoms with Crippen LogP contribution in [-0.2, 0) is 32.7 Å². The van der Waals surface area contributed by atoms with E-state index in [4.69, 9.17) is 0 Å². The Kier molecular flexibility index (Phi) is 66.8. The maximum atomic E-state index is 4.41. The van der Waals surface area contributed by atoms with Crippen molar-refractivity contribution in [2.75, 3.05) is 0 Å². The van der Waals surface area contributed by atoms with E-state index in [9.17, 15) is 0 Å². The Morgan fingerprint density at radius 1 is 1.60 bits per heavy atom. The van der Waals surface area contributed by atoms with E-state index in [1.165, 1.54) is 0 Å². The molecule has 0 amide bonds. The molecule has 29 valence electrons. The van der Waals surface area contributed by atoms with Gasteiger partial charge in [-0.3, -0.25) is 0 Å². The summed E-state index contributed by atoms with van der Waals surface area (Å²) < 4.78 is 0. The Morgan fingerprint density at radius 2 is 1.60 bits per heavy atom. The zero-order valence-electron chi connectivity index (χ0n) is 3.06. The van der Waals surface area contributed by atoms with Crippen LogP contribution in [0.1, 0.15) is 0 Å². The average Bonchev–Trinajstić information content (AvgIpc) is 0.918. The fourth-order valence-corrected chi connectivity index (χ4v) is 0. The molecule has 0 rings (SSSR count). The van der Waals surface area contributed by atoms with Crippen LogP contribution in [0.15, 0.2) is 0 Å². The van der Waals surface area contributed by atoms with Gasteiger partial charge in [0, 0.05) is 32.7 Å². The van der Waals surface area contributed by atoms with Crippen LogP contribution in [0.4, 0.5) is 0 Å². The zero-order chi connectivity index (χ0) is 2.71. The largest absolute Gasteiger partial charge is 0.570 e. The predicted molar refractivity (Wildman–Crippen MR) is 23.2 cm³/mol. The molecule has 0 aromatic heterocycles. The molecule has 5 heavy (non-hydrogen) atoms. The second kappa shape index (κ2) is 20.0. The fraction of sp³-hybridized carbons (Fsp3) is 0. The van der Waals surface area contributed by atoms with E-state index >= 15 is 0 Å². The molecule has 1 nitrogen and oxygen atoms in total. The van der Waals surface area contributed by atoms with Gasteiger partial charge in [0.2, 0.25) is 0 Å². The van der Waals surface area contributed by atoms with Crippen molar-refractivity contribution in [2.45, 2.75) is 0 Å². The van der Waals surface area contributed by atoms with Crippen molar-refractivity contribution in [1.82, 2.24) is 0 Å². The van der Waals surface area contributed by atoms with Gasteiger partial charge < -0.3 is 30.9 Å². The first-order valence-corrected chi connectivity index (χ1v) is 0.901. The Bertz CT molecular complexity index is 17.1. The summed E-state index contributed by atoms with van der Waals surface area (Å²) in [5.41, 5.74) is 6.25. The summed E-state index contributed by atoms with van der Waals surface area (Å²) in [5.74, 6) is 0. The predicted octanol–water partition coefficient (Wildman–Crippen LogP) is 0.227. The molecule has 0 saturated heterocycles. The van der Waals surface area contributed by atoms with E-state index < -0.39 is 0 Å². The molecule has 1 radical (unpaired) electrons. The van der Waals surface area contributed by atoms with Gasteiger partial charge in [0.15, 0.2) is 0 Å². The van der Waals surface area contributed by atoms with Gasteiger partial charge in [-0.25, -0.2) is 0 Å². The molecule has 0 aromatic carbocycles. The number of hydrogen-bond acceptors (Lipinski definition) is 1. The SMILES string of the molecule is N[C-]=S.[CH3-].[Y]. The molecular weight excluding hydrogens is 159 g/mol. The number of nitrogens with two attached hydrogens (primary N) is 1. The van der Waals surface area contributed by atoms with Crippen LogP contribution in [0.25, 0.3) is 0 Å². The smallest absolute Gasteiger partial charge is 0 e. The first kappa shape index (κ1) is 16.7. The van der Waals surface area contributed by atoms with E-state index in [1.807, 2.05) is 5.49 Å². The summed E-state index contributed by atoms with van der Waals surface area (Å²) in [6.07, 6.45) is 0. The first-order valence-electron chi connectivity index (χ1n) is 0.493. The van der Waals surface area contributed by atoms with Gasteiger partial charge in [-0.2, -0.15) is 0 Å². The first-order chi connectivity index (χ1) is 1.41. The molecule has 0 aliphatic rings. The Morgan fingerprint density at radius 3 is 1.60 bits per heavy atom. The van der Waals surface area contributed by atoms with Crippen LogP contribution >= 0.6 is 12.2 Å². The van der Waals surface area contributed by atoms with E-state index in [2.05, 4.69) is 18.0 Å². The standard InChI is InChI=1S/CH2NS.CH3.Y/c2-1-3;;/h(H2,2,3);1H3;/q2*-1;. The minimum atomic E-state index is 0. The quantitative estimate of drug-likeness (QED) is 0.315. The third-order valence-corrected chi connectivity index (χ3v) is 0. The van der Waals surface area contributed by atoms with Gasteiger partial charge >= 0.3 is 0 Å². The van der Waals surface area contributed by atoms with Crippen LogP contribution < -0.4 is 5.73 Å². The van der Waals surface area contributed by atoms with Crippen LogP contribution in [0.3, 0.4) is 0 Å². The molecule has 0 atom stereocenters. The van der Waals surface area contributed by atoms with Crippen molar-refractivity contribution in [2.24, 2.45) is 5.73 Å². The van der Waals surface area contributed by atoms with Gasteiger partial charge in [0.05, 0.1) is 0 Å². The third-order valence-electron chi connectivity index (χ3n) is 0. The number of rotatable bonds is 0. The topological polar surface area (TPSA) is 26.0 Å². The molecule has 0 heterocycles. The van der Waals surface area contributed by atoms with Crippen molar-refractivity contribution >= 4 is 17.7 Å². The van der Waals surface area contributed by atoms with Crippen LogP contribution in [0.5, 0.6) is 0 Å². The van der Waals surface area contributed by atoms with Crippen molar-refractivity contribution in [3.8, 4) is 0 Å². The molecule has 0 bridgehead atoms. The average molecular weight is 164 g/mol. The van der Waals surface area contributed by atoms with Crippen LogP contribution in [0.2, 0.25) is 0 Å². The molecule has 0 aromatic rings. The van der Waals surface area contributed by atoms with Gasteiger partial charge in [-0.1, -0.05) is 0 Å². The van der Waals surface area contributed by atoms with Crippen molar-refractivity contribution in [1.29, 1.82) is 0 Å². The van der Waals surface area contributed by atoms with Crippen molar-refractivity contribution in [3.63, 3.8) is 0 Å². The van der Waals surface area contributed by atoms with E-state index in [1.54, 1.807) is 0 Å². The zero-order valence-corrected chi connectivity index (χ0v) is 6.72. The maximum Gasteiger partial charge on any atom is 0 e. The summed E-state index contributed by atoms with van der Waals surface area (Å²) in [6.45, 7) is 0. The molecule has 3 heteroatoms. The van der Waals surface area contributed by atoms with E-state index in [-0.39, 0.29) is 40.1 Å². The van der Waals surface area contributed by atoms with Gasteiger partial charge in [-0.05, 0) is 0 Å². The molecule has 0 saturated carbocycles. The molecule has 2 N–H and O–H groups in total. The van der Waals surface area contributed by atoms with Gasteiger partial charge in [0.25, 0.3) is 0 Å². The second-order valence-electron chi connectivity index (χ2n) is 0.118. The molecular formula is C2H5NSY-2.